The van der Waals surface area contributed by atoms with Gasteiger partial charge >= 0.3 is 0 Å². The van der Waals surface area contributed by atoms with E-state index in [1.165, 1.54) is 11.1 Å². The highest BCUT2D eigenvalue weighted by Gasteiger charge is 2.26. The Bertz CT molecular complexity index is 345. The molecule has 1 nitrogen and oxygen atoms in total. The molecule has 0 aliphatic carbocycles. The molecular formula is C15H25N. The zero-order chi connectivity index (χ0) is 12.4. The first-order chi connectivity index (χ1) is 7.29. The van der Waals surface area contributed by atoms with Crippen LogP contribution in [0.25, 0.3) is 0 Å². The Labute approximate surface area is 100 Å². The minimum Gasteiger partial charge on any atom is -0.330 e. The molecule has 90 valence electrons. The fourth-order valence-electron chi connectivity index (χ4n) is 2.22. The smallest absolute Gasteiger partial charge is 0.00690 e. The van der Waals surface area contributed by atoms with Crippen LogP contribution in [0.3, 0.4) is 0 Å². The Hall–Kier alpha value is -0.820. The summed E-state index contributed by atoms with van der Waals surface area (Å²) in [7, 11) is 0. The van der Waals surface area contributed by atoms with Crippen molar-refractivity contribution in [2.75, 3.05) is 6.54 Å². The van der Waals surface area contributed by atoms with Gasteiger partial charge in [-0.2, -0.15) is 0 Å². The minimum absolute atomic E-state index is 0.165. The molecule has 0 aliphatic heterocycles. The molecule has 0 fully saturated rings. The molecule has 1 aromatic carbocycles. The van der Waals surface area contributed by atoms with Crippen molar-refractivity contribution in [1.29, 1.82) is 0 Å². The topological polar surface area (TPSA) is 26.0 Å². The second kappa shape index (κ2) is 4.58. The predicted molar refractivity (Wildman–Crippen MR) is 71.8 cm³/mol. The van der Waals surface area contributed by atoms with Crippen molar-refractivity contribution in [1.82, 2.24) is 0 Å². The van der Waals surface area contributed by atoms with Crippen molar-refractivity contribution >= 4 is 0 Å². The quantitative estimate of drug-likeness (QED) is 0.825. The molecule has 2 N–H and O–H groups in total. The van der Waals surface area contributed by atoms with Gasteiger partial charge in [-0.05, 0) is 34.9 Å². The van der Waals surface area contributed by atoms with Gasteiger partial charge < -0.3 is 5.73 Å². The van der Waals surface area contributed by atoms with E-state index in [-0.39, 0.29) is 10.8 Å². The van der Waals surface area contributed by atoms with Gasteiger partial charge in [-0.15, -0.1) is 0 Å². The van der Waals surface area contributed by atoms with Crippen LogP contribution in [0.4, 0.5) is 0 Å². The molecule has 0 saturated carbocycles. The van der Waals surface area contributed by atoms with Crippen molar-refractivity contribution in [3.63, 3.8) is 0 Å². The van der Waals surface area contributed by atoms with Crippen LogP contribution in [-0.4, -0.2) is 6.54 Å². The van der Waals surface area contributed by atoms with E-state index in [1.54, 1.807) is 0 Å². The average molecular weight is 219 g/mol. The Morgan fingerprint density at radius 3 is 1.88 bits per heavy atom. The maximum Gasteiger partial charge on any atom is -0.00690 e. The SMILES string of the molecule is CC(C)(C)c1ccccc1C(C)(C)CCN. The molecule has 1 aromatic rings. The summed E-state index contributed by atoms with van der Waals surface area (Å²) in [5.74, 6) is 0. The van der Waals surface area contributed by atoms with Gasteiger partial charge in [-0.25, -0.2) is 0 Å². The molecular weight excluding hydrogens is 194 g/mol. The van der Waals surface area contributed by atoms with E-state index < -0.39 is 0 Å². The van der Waals surface area contributed by atoms with E-state index in [4.69, 9.17) is 5.73 Å². The molecule has 0 aliphatic rings. The van der Waals surface area contributed by atoms with Gasteiger partial charge in [-0.1, -0.05) is 58.9 Å². The molecule has 0 radical (unpaired) electrons. The number of benzene rings is 1. The minimum atomic E-state index is 0.165. The van der Waals surface area contributed by atoms with Crippen LogP contribution in [0.5, 0.6) is 0 Å². The fourth-order valence-corrected chi connectivity index (χ4v) is 2.22. The molecule has 0 heterocycles. The predicted octanol–water partition coefficient (Wildman–Crippen LogP) is 3.61. The highest BCUT2D eigenvalue weighted by atomic mass is 14.5. The van der Waals surface area contributed by atoms with E-state index in [1.807, 2.05) is 0 Å². The Morgan fingerprint density at radius 1 is 0.938 bits per heavy atom. The molecule has 0 amide bonds. The zero-order valence-corrected chi connectivity index (χ0v) is 11.3. The maximum atomic E-state index is 5.71. The molecule has 0 spiro atoms. The highest BCUT2D eigenvalue weighted by molar-refractivity contribution is 5.37. The van der Waals surface area contributed by atoms with Gasteiger partial charge in [-0.3, -0.25) is 0 Å². The van der Waals surface area contributed by atoms with Crippen LogP contribution >= 0.6 is 0 Å². The summed E-state index contributed by atoms with van der Waals surface area (Å²) < 4.78 is 0. The Kier molecular flexibility index (Phi) is 3.80. The second-order valence-electron chi connectivity index (χ2n) is 6.22. The fraction of sp³-hybridized carbons (Fsp3) is 0.600. The van der Waals surface area contributed by atoms with Gasteiger partial charge in [0.1, 0.15) is 0 Å². The van der Waals surface area contributed by atoms with Crippen LogP contribution in [0.15, 0.2) is 24.3 Å². The van der Waals surface area contributed by atoms with Gasteiger partial charge in [0.15, 0.2) is 0 Å². The summed E-state index contributed by atoms with van der Waals surface area (Å²) in [4.78, 5) is 0. The molecule has 0 unspecified atom stereocenters. The van der Waals surface area contributed by atoms with E-state index in [9.17, 15) is 0 Å². The Balaban J connectivity index is 3.23. The number of nitrogens with two attached hydrogens (primary N) is 1. The first-order valence-electron chi connectivity index (χ1n) is 6.09. The lowest BCUT2D eigenvalue weighted by molar-refractivity contribution is 0.466. The highest BCUT2D eigenvalue weighted by Crippen LogP contribution is 2.35. The molecule has 0 aromatic heterocycles. The van der Waals surface area contributed by atoms with Crippen LogP contribution in [0.2, 0.25) is 0 Å². The summed E-state index contributed by atoms with van der Waals surface area (Å²) in [6.07, 6.45) is 1.03. The van der Waals surface area contributed by atoms with Crippen molar-refractivity contribution in [3.8, 4) is 0 Å². The van der Waals surface area contributed by atoms with Gasteiger partial charge in [0, 0.05) is 0 Å². The molecule has 0 atom stereocenters. The normalized spacial score (nSPS) is 12.9. The first kappa shape index (κ1) is 13.2. The van der Waals surface area contributed by atoms with Crippen LogP contribution in [-0.2, 0) is 10.8 Å². The molecule has 0 bridgehead atoms. The summed E-state index contributed by atoms with van der Waals surface area (Å²) in [5.41, 5.74) is 8.95. The van der Waals surface area contributed by atoms with E-state index >= 15 is 0 Å². The third-order valence-electron chi connectivity index (χ3n) is 3.23. The van der Waals surface area contributed by atoms with Gasteiger partial charge in [0.25, 0.3) is 0 Å². The molecule has 0 saturated heterocycles. The number of hydrogen-bond acceptors (Lipinski definition) is 1. The summed E-state index contributed by atoms with van der Waals surface area (Å²) in [6.45, 7) is 12.1. The lowest BCUT2D eigenvalue weighted by Crippen LogP contribution is -2.26. The van der Waals surface area contributed by atoms with E-state index in [0.717, 1.165) is 13.0 Å². The standard InChI is InChI=1S/C15H25N/c1-14(2,3)12-8-6-7-9-13(12)15(4,5)10-11-16/h6-9H,10-11,16H2,1-5H3. The van der Waals surface area contributed by atoms with Gasteiger partial charge in [0.05, 0.1) is 0 Å². The summed E-state index contributed by atoms with van der Waals surface area (Å²) >= 11 is 0. The second-order valence-corrected chi connectivity index (χ2v) is 6.22. The van der Waals surface area contributed by atoms with E-state index in [0.29, 0.717) is 0 Å². The maximum absolute atomic E-state index is 5.71. The van der Waals surface area contributed by atoms with Crippen LogP contribution in [0.1, 0.15) is 52.2 Å². The monoisotopic (exact) mass is 219 g/mol. The van der Waals surface area contributed by atoms with Crippen LogP contribution < -0.4 is 5.73 Å². The Morgan fingerprint density at radius 2 is 1.44 bits per heavy atom. The zero-order valence-electron chi connectivity index (χ0n) is 11.3. The lowest BCUT2D eigenvalue weighted by atomic mass is 9.73. The summed E-state index contributed by atoms with van der Waals surface area (Å²) in [5, 5.41) is 0. The third kappa shape index (κ3) is 2.85. The van der Waals surface area contributed by atoms with Crippen molar-refractivity contribution in [2.24, 2.45) is 5.73 Å². The van der Waals surface area contributed by atoms with E-state index in [2.05, 4.69) is 58.9 Å². The summed E-state index contributed by atoms with van der Waals surface area (Å²) in [6, 6.07) is 8.75. The van der Waals surface area contributed by atoms with Crippen molar-refractivity contribution in [3.05, 3.63) is 35.4 Å². The largest absolute Gasteiger partial charge is 0.330 e. The van der Waals surface area contributed by atoms with Crippen LogP contribution in [0, 0.1) is 0 Å². The van der Waals surface area contributed by atoms with Gasteiger partial charge in [0.2, 0.25) is 0 Å². The average Bonchev–Trinajstić information content (AvgIpc) is 2.16. The van der Waals surface area contributed by atoms with Crippen molar-refractivity contribution in [2.45, 2.75) is 51.9 Å². The third-order valence-corrected chi connectivity index (χ3v) is 3.23. The molecule has 1 rings (SSSR count). The molecule has 1 heteroatoms. The van der Waals surface area contributed by atoms with Crippen molar-refractivity contribution < 1.29 is 0 Å². The number of hydrogen-bond donors (Lipinski definition) is 1. The lowest BCUT2D eigenvalue weighted by Gasteiger charge is -2.32. The number of rotatable bonds is 3. The first-order valence-corrected chi connectivity index (χ1v) is 6.09. The molecule has 16 heavy (non-hydrogen) atoms.